The number of anilines is 2. The maximum atomic E-state index is 12.7. The van der Waals surface area contributed by atoms with Gasteiger partial charge in [0.2, 0.25) is 5.88 Å². The highest BCUT2D eigenvalue weighted by molar-refractivity contribution is 5.94. The van der Waals surface area contributed by atoms with Gasteiger partial charge in [-0.25, -0.2) is 9.97 Å². The van der Waals surface area contributed by atoms with Crippen molar-refractivity contribution in [3.8, 4) is 17.3 Å². The van der Waals surface area contributed by atoms with E-state index >= 15 is 0 Å². The highest BCUT2D eigenvalue weighted by Crippen LogP contribution is 2.41. The Morgan fingerprint density at radius 3 is 2.45 bits per heavy atom. The van der Waals surface area contributed by atoms with Gasteiger partial charge < -0.3 is 19.8 Å². The summed E-state index contributed by atoms with van der Waals surface area (Å²) in [5.41, 5.74) is 3.25. The SMILES string of the molecule is COc1cncc(-c2cc3cc[nH]c(=O)c3c(Nc3ccc([C@H]4CC[C@H](C5CCOCC5)CC4)cc3)n2)n1. The maximum Gasteiger partial charge on any atom is 0.259 e. The molecular formula is C30H33N5O3. The minimum absolute atomic E-state index is 0.196. The molecule has 1 aliphatic heterocycles. The van der Waals surface area contributed by atoms with Gasteiger partial charge in [0.05, 0.1) is 30.6 Å². The third-order valence-electron chi connectivity index (χ3n) is 8.19. The van der Waals surface area contributed by atoms with Crippen LogP contribution >= 0.6 is 0 Å². The predicted molar refractivity (Wildman–Crippen MR) is 148 cm³/mol. The molecule has 0 bridgehead atoms. The van der Waals surface area contributed by atoms with Crippen molar-refractivity contribution in [2.45, 2.75) is 44.4 Å². The Morgan fingerprint density at radius 1 is 0.921 bits per heavy atom. The Balaban J connectivity index is 1.22. The number of nitrogens with zero attached hydrogens (tertiary/aromatic N) is 3. The zero-order valence-corrected chi connectivity index (χ0v) is 21.7. The van der Waals surface area contributed by atoms with E-state index in [4.69, 9.17) is 14.5 Å². The minimum atomic E-state index is -0.196. The Morgan fingerprint density at radius 2 is 1.68 bits per heavy atom. The van der Waals surface area contributed by atoms with Crippen molar-refractivity contribution in [2.75, 3.05) is 25.6 Å². The number of ether oxygens (including phenoxy) is 2. The molecular weight excluding hydrogens is 478 g/mol. The van der Waals surface area contributed by atoms with Crippen LogP contribution in [0.4, 0.5) is 11.5 Å². The molecule has 0 unspecified atom stereocenters. The lowest BCUT2D eigenvalue weighted by Gasteiger charge is -2.36. The molecule has 1 aliphatic carbocycles. The Kier molecular flexibility index (Phi) is 7.05. The smallest absolute Gasteiger partial charge is 0.259 e. The number of aromatic nitrogens is 4. The molecule has 0 amide bonds. The molecule has 3 aromatic heterocycles. The van der Waals surface area contributed by atoms with Crippen molar-refractivity contribution >= 4 is 22.3 Å². The maximum absolute atomic E-state index is 12.7. The largest absolute Gasteiger partial charge is 0.480 e. The summed E-state index contributed by atoms with van der Waals surface area (Å²) in [7, 11) is 1.55. The Hall–Kier alpha value is -3.78. The Labute approximate surface area is 221 Å². The van der Waals surface area contributed by atoms with Crippen LogP contribution in [0.2, 0.25) is 0 Å². The average Bonchev–Trinajstić information content (AvgIpc) is 2.98. The molecule has 1 saturated heterocycles. The van der Waals surface area contributed by atoms with E-state index in [9.17, 15) is 4.79 Å². The minimum Gasteiger partial charge on any atom is -0.480 e. The second-order valence-electron chi connectivity index (χ2n) is 10.4. The van der Waals surface area contributed by atoms with Crippen LogP contribution < -0.4 is 15.6 Å². The van der Waals surface area contributed by atoms with E-state index in [0.29, 0.717) is 34.4 Å². The van der Waals surface area contributed by atoms with Gasteiger partial charge in [-0.3, -0.25) is 9.78 Å². The number of benzene rings is 1. The van der Waals surface area contributed by atoms with Gasteiger partial charge in [0, 0.05) is 25.1 Å². The van der Waals surface area contributed by atoms with E-state index in [1.165, 1.54) is 44.1 Å². The van der Waals surface area contributed by atoms with Crippen molar-refractivity contribution in [1.29, 1.82) is 0 Å². The third-order valence-corrected chi connectivity index (χ3v) is 8.19. The number of nitrogens with one attached hydrogen (secondary N) is 2. The van der Waals surface area contributed by atoms with Gasteiger partial charge in [0.1, 0.15) is 11.5 Å². The molecule has 4 heterocycles. The van der Waals surface area contributed by atoms with Crippen LogP contribution in [0.3, 0.4) is 0 Å². The van der Waals surface area contributed by atoms with Crippen molar-refractivity contribution in [3.63, 3.8) is 0 Å². The summed E-state index contributed by atoms with van der Waals surface area (Å²) in [6.45, 7) is 1.87. The lowest BCUT2D eigenvalue weighted by atomic mass is 9.72. The van der Waals surface area contributed by atoms with E-state index in [2.05, 4.69) is 44.5 Å². The van der Waals surface area contributed by atoms with Gasteiger partial charge in [-0.05, 0) is 91.5 Å². The standard InChI is InChI=1S/C30H33N5O3/c1-37-27-18-31-17-26(34-27)25-16-23-10-13-32-30(36)28(23)29(35-25)33-24-8-6-21(7-9-24)19-2-4-20(5-3-19)22-11-14-38-15-12-22/h6-10,13,16-20,22H,2-5,11-12,14-15H2,1H3,(H,32,36)(H,33,35)/t19-,20-. The zero-order chi connectivity index (χ0) is 25.9. The molecule has 2 aliphatic rings. The number of H-pyrrole nitrogens is 1. The van der Waals surface area contributed by atoms with Crippen LogP contribution in [0.15, 0.2) is 59.8 Å². The molecule has 1 aromatic carbocycles. The summed E-state index contributed by atoms with van der Waals surface area (Å²) in [5.74, 6) is 3.20. The van der Waals surface area contributed by atoms with Crippen LogP contribution in [-0.2, 0) is 4.74 Å². The van der Waals surface area contributed by atoms with E-state index in [1.54, 1.807) is 25.7 Å². The van der Waals surface area contributed by atoms with Gasteiger partial charge in [-0.2, -0.15) is 0 Å². The number of aromatic amines is 1. The number of fused-ring (bicyclic) bond motifs is 1. The molecule has 2 N–H and O–H groups in total. The van der Waals surface area contributed by atoms with Crippen LogP contribution in [-0.4, -0.2) is 40.3 Å². The fraction of sp³-hybridized carbons (Fsp3) is 0.400. The normalized spacial score (nSPS) is 20.3. The van der Waals surface area contributed by atoms with Crippen LogP contribution in [0.25, 0.3) is 22.2 Å². The van der Waals surface area contributed by atoms with Gasteiger partial charge >= 0.3 is 0 Å². The second kappa shape index (κ2) is 10.9. The fourth-order valence-corrected chi connectivity index (χ4v) is 6.09. The van der Waals surface area contributed by atoms with Crippen molar-refractivity contribution in [1.82, 2.24) is 19.9 Å². The third kappa shape index (κ3) is 5.13. The summed E-state index contributed by atoms with van der Waals surface area (Å²) in [5, 5.41) is 4.65. The number of hydrogen-bond donors (Lipinski definition) is 2. The van der Waals surface area contributed by atoms with Gasteiger partial charge in [0.15, 0.2) is 0 Å². The molecule has 2 fully saturated rings. The molecule has 8 heteroatoms. The number of pyridine rings is 2. The lowest BCUT2D eigenvalue weighted by Crippen LogP contribution is -2.26. The zero-order valence-electron chi connectivity index (χ0n) is 21.7. The first kappa shape index (κ1) is 24.6. The highest BCUT2D eigenvalue weighted by Gasteiger charge is 2.29. The highest BCUT2D eigenvalue weighted by atomic mass is 16.5. The molecule has 0 spiro atoms. The monoisotopic (exact) mass is 511 g/mol. The Bertz CT molecular complexity index is 1460. The van der Waals surface area contributed by atoms with Crippen molar-refractivity contribution < 1.29 is 9.47 Å². The molecule has 0 atom stereocenters. The van der Waals surface area contributed by atoms with E-state index in [1.807, 2.05) is 12.1 Å². The average molecular weight is 512 g/mol. The number of hydrogen-bond acceptors (Lipinski definition) is 7. The lowest BCUT2D eigenvalue weighted by molar-refractivity contribution is 0.0378. The second-order valence-corrected chi connectivity index (χ2v) is 10.4. The topological polar surface area (TPSA) is 102 Å². The number of methoxy groups -OCH3 is 1. The fourth-order valence-electron chi connectivity index (χ4n) is 6.09. The molecule has 1 saturated carbocycles. The molecule has 6 rings (SSSR count). The van der Waals surface area contributed by atoms with Crippen LogP contribution in [0.1, 0.15) is 50.0 Å². The quantitative estimate of drug-likeness (QED) is 0.336. The summed E-state index contributed by atoms with van der Waals surface area (Å²) in [6, 6.07) is 12.3. The summed E-state index contributed by atoms with van der Waals surface area (Å²) in [4.78, 5) is 29.0. The van der Waals surface area contributed by atoms with Crippen molar-refractivity contribution in [3.05, 3.63) is 70.9 Å². The summed E-state index contributed by atoms with van der Waals surface area (Å²) in [6.07, 6.45) is 12.4. The molecule has 38 heavy (non-hydrogen) atoms. The number of rotatable bonds is 6. The van der Waals surface area contributed by atoms with E-state index in [-0.39, 0.29) is 5.56 Å². The predicted octanol–water partition coefficient (Wildman–Crippen LogP) is 5.83. The van der Waals surface area contributed by atoms with E-state index < -0.39 is 0 Å². The first-order valence-corrected chi connectivity index (χ1v) is 13.5. The van der Waals surface area contributed by atoms with E-state index in [0.717, 1.165) is 36.1 Å². The van der Waals surface area contributed by atoms with Gasteiger partial charge in [-0.1, -0.05) is 12.1 Å². The summed E-state index contributed by atoms with van der Waals surface area (Å²) >= 11 is 0. The molecule has 196 valence electrons. The first-order chi connectivity index (χ1) is 18.7. The molecule has 8 nitrogen and oxygen atoms in total. The van der Waals surface area contributed by atoms with Crippen LogP contribution in [0.5, 0.6) is 5.88 Å². The summed E-state index contributed by atoms with van der Waals surface area (Å²) < 4.78 is 10.8. The molecule has 0 radical (unpaired) electrons. The van der Waals surface area contributed by atoms with Crippen LogP contribution in [0, 0.1) is 11.8 Å². The van der Waals surface area contributed by atoms with Gasteiger partial charge in [-0.15, -0.1) is 0 Å². The first-order valence-electron chi connectivity index (χ1n) is 13.5. The molecule has 4 aromatic rings. The van der Waals surface area contributed by atoms with Crippen molar-refractivity contribution in [2.24, 2.45) is 11.8 Å². The van der Waals surface area contributed by atoms with Gasteiger partial charge in [0.25, 0.3) is 5.56 Å².